The summed E-state index contributed by atoms with van der Waals surface area (Å²) in [4.78, 5) is 12.1. The molecule has 0 aromatic heterocycles. The summed E-state index contributed by atoms with van der Waals surface area (Å²) in [7, 11) is 0. The van der Waals surface area contributed by atoms with Gasteiger partial charge in [-0.2, -0.15) is 11.8 Å². The minimum atomic E-state index is -0.256. The van der Waals surface area contributed by atoms with Crippen molar-refractivity contribution in [1.29, 1.82) is 0 Å². The number of carbonyl (C=O) groups excluding carboxylic acids is 1. The van der Waals surface area contributed by atoms with E-state index in [-0.39, 0.29) is 23.9 Å². The lowest BCUT2D eigenvalue weighted by Crippen LogP contribution is -2.40. The molecule has 4 heteroatoms. The highest BCUT2D eigenvalue weighted by molar-refractivity contribution is 7.98. The van der Waals surface area contributed by atoms with Gasteiger partial charge < -0.3 is 11.1 Å². The predicted octanol–water partition coefficient (Wildman–Crippen LogP) is 2.58. The van der Waals surface area contributed by atoms with Crippen LogP contribution in [0.3, 0.4) is 0 Å². The minimum absolute atomic E-state index is 0.0324. The van der Waals surface area contributed by atoms with E-state index in [1.165, 1.54) is 0 Å². The Morgan fingerprint density at radius 1 is 1.32 bits per heavy atom. The van der Waals surface area contributed by atoms with Crippen LogP contribution in [0.4, 0.5) is 0 Å². The zero-order valence-corrected chi connectivity index (χ0v) is 12.7. The van der Waals surface area contributed by atoms with E-state index in [1.54, 1.807) is 11.8 Å². The maximum Gasteiger partial charge on any atom is 0.224 e. The summed E-state index contributed by atoms with van der Waals surface area (Å²) in [6.45, 7) is 3.92. The average Bonchev–Trinajstić information content (AvgIpc) is 2.44. The molecule has 3 N–H and O–H groups in total. The molecule has 0 saturated carbocycles. The lowest BCUT2D eigenvalue weighted by Gasteiger charge is -2.22. The van der Waals surface area contributed by atoms with Crippen molar-refractivity contribution < 1.29 is 4.79 Å². The first kappa shape index (κ1) is 16.1. The smallest absolute Gasteiger partial charge is 0.224 e. The summed E-state index contributed by atoms with van der Waals surface area (Å²) in [6, 6.07) is 9.71. The molecule has 106 valence electrons. The van der Waals surface area contributed by atoms with Gasteiger partial charge in [-0.1, -0.05) is 37.3 Å². The molecule has 0 saturated heterocycles. The standard InChI is InChI=1S/C15H24N2OS/c1-11(9-10-19-3)17-15(18)12(2)14(16)13-7-5-4-6-8-13/h4-8,11-12,14H,9-10,16H2,1-3H3,(H,17,18). The Morgan fingerprint density at radius 3 is 2.53 bits per heavy atom. The largest absolute Gasteiger partial charge is 0.353 e. The molecule has 0 fully saturated rings. The number of thioether (sulfide) groups is 1. The monoisotopic (exact) mass is 280 g/mol. The van der Waals surface area contributed by atoms with Crippen LogP contribution in [0.2, 0.25) is 0 Å². The van der Waals surface area contributed by atoms with Crippen LogP contribution >= 0.6 is 11.8 Å². The Morgan fingerprint density at radius 2 is 1.95 bits per heavy atom. The summed E-state index contributed by atoms with van der Waals surface area (Å²) in [5, 5.41) is 3.03. The molecule has 3 unspecified atom stereocenters. The number of nitrogens with two attached hydrogens (primary N) is 1. The molecular weight excluding hydrogens is 256 g/mol. The van der Waals surface area contributed by atoms with Gasteiger partial charge in [0, 0.05) is 12.1 Å². The molecule has 0 aliphatic heterocycles. The first-order chi connectivity index (χ1) is 9.06. The quantitative estimate of drug-likeness (QED) is 0.807. The van der Waals surface area contributed by atoms with Crippen molar-refractivity contribution in [3.8, 4) is 0 Å². The molecule has 1 aromatic rings. The maximum absolute atomic E-state index is 12.1. The number of carbonyl (C=O) groups is 1. The van der Waals surface area contributed by atoms with Gasteiger partial charge in [-0.15, -0.1) is 0 Å². The van der Waals surface area contributed by atoms with E-state index >= 15 is 0 Å². The molecule has 0 aliphatic rings. The number of hydrogen-bond acceptors (Lipinski definition) is 3. The third-order valence-electron chi connectivity index (χ3n) is 3.28. The van der Waals surface area contributed by atoms with Crippen LogP contribution in [0.15, 0.2) is 30.3 Å². The number of benzene rings is 1. The average molecular weight is 280 g/mol. The van der Waals surface area contributed by atoms with E-state index in [0.29, 0.717) is 0 Å². The molecule has 1 amide bonds. The summed E-state index contributed by atoms with van der Waals surface area (Å²) in [5.74, 6) is 0.865. The van der Waals surface area contributed by atoms with Crippen LogP contribution in [0, 0.1) is 5.92 Å². The van der Waals surface area contributed by atoms with Crippen LogP contribution in [0.25, 0.3) is 0 Å². The van der Waals surface area contributed by atoms with Crippen LogP contribution in [-0.4, -0.2) is 24.0 Å². The third-order valence-corrected chi connectivity index (χ3v) is 3.92. The molecule has 0 radical (unpaired) electrons. The molecule has 0 aliphatic carbocycles. The Kier molecular flexibility index (Phi) is 6.95. The number of rotatable bonds is 7. The molecule has 0 bridgehead atoms. The normalized spacial score (nSPS) is 15.6. The van der Waals surface area contributed by atoms with Crippen LogP contribution in [0.1, 0.15) is 31.9 Å². The maximum atomic E-state index is 12.1. The fraction of sp³-hybridized carbons (Fsp3) is 0.533. The van der Waals surface area contributed by atoms with E-state index in [4.69, 9.17) is 5.73 Å². The lowest BCUT2D eigenvalue weighted by molar-refractivity contribution is -0.125. The topological polar surface area (TPSA) is 55.1 Å². The van der Waals surface area contributed by atoms with Crippen LogP contribution in [0.5, 0.6) is 0 Å². The zero-order valence-electron chi connectivity index (χ0n) is 11.9. The predicted molar refractivity (Wildman–Crippen MR) is 83.1 cm³/mol. The van der Waals surface area contributed by atoms with Crippen molar-refractivity contribution in [2.75, 3.05) is 12.0 Å². The number of nitrogens with one attached hydrogen (secondary N) is 1. The van der Waals surface area contributed by atoms with Gasteiger partial charge in [0.25, 0.3) is 0 Å². The van der Waals surface area contributed by atoms with Crippen molar-refractivity contribution >= 4 is 17.7 Å². The first-order valence-electron chi connectivity index (χ1n) is 6.66. The second-order valence-electron chi connectivity index (χ2n) is 4.92. The SMILES string of the molecule is CSCCC(C)NC(=O)C(C)C(N)c1ccccc1. The highest BCUT2D eigenvalue weighted by atomic mass is 32.2. The molecule has 1 rings (SSSR count). The van der Waals surface area contributed by atoms with E-state index in [1.807, 2.05) is 44.2 Å². The second kappa shape index (κ2) is 8.23. The number of amides is 1. The first-order valence-corrected chi connectivity index (χ1v) is 8.05. The van der Waals surface area contributed by atoms with Crippen molar-refractivity contribution in [2.24, 2.45) is 11.7 Å². The molecule has 3 atom stereocenters. The molecule has 0 spiro atoms. The van der Waals surface area contributed by atoms with Gasteiger partial charge in [0.15, 0.2) is 0 Å². The summed E-state index contributed by atoms with van der Waals surface area (Å²) < 4.78 is 0. The molecule has 3 nitrogen and oxygen atoms in total. The molecule has 0 heterocycles. The van der Waals surface area contributed by atoms with Gasteiger partial charge in [0.2, 0.25) is 5.91 Å². The Labute approximate surface area is 120 Å². The van der Waals surface area contributed by atoms with Gasteiger partial charge in [-0.25, -0.2) is 0 Å². The second-order valence-corrected chi connectivity index (χ2v) is 5.90. The van der Waals surface area contributed by atoms with Crippen molar-refractivity contribution in [3.63, 3.8) is 0 Å². The van der Waals surface area contributed by atoms with Gasteiger partial charge >= 0.3 is 0 Å². The van der Waals surface area contributed by atoms with Gasteiger partial charge in [0.1, 0.15) is 0 Å². The lowest BCUT2D eigenvalue weighted by atomic mass is 9.94. The molecule has 1 aromatic carbocycles. The minimum Gasteiger partial charge on any atom is -0.353 e. The van der Waals surface area contributed by atoms with Crippen molar-refractivity contribution in [2.45, 2.75) is 32.4 Å². The summed E-state index contributed by atoms with van der Waals surface area (Å²) in [6.07, 6.45) is 3.06. The molecular formula is C15H24N2OS. The summed E-state index contributed by atoms with van der Waals surface area (Å²) >= 11 is 1.79. The van der Waals surface area contributed by atoms with Crippen molar-refractivity contribution in [1.82, 2.24) is 5.32 Å². The molecule has 19 heavy (non-hydrogen) atoms. The fourth-order valence-corrected chi connectivity index (χ4v) is 2.46. The van der Waals surface area contributed by atoms with Gasteiger partial charge in [-0.05, 0) is 30.9 Å². The number of hydrogen-bond donors (Lipinski definition) is 2. The summed E-state index contributed by atoms with van der Waals surface area (Å²) in [5.41, 5.74) is 7.15. The van der Waals surface area contributed by atoms with Crippen molar-refractivity contribution in [3.05, 3.63) is 35.9 Å². The van der Waals surface area contributed by atoms with Crippen LogP contribution < -0.4 is 11.1 Å². The van der Waals surface area contributed by atoms with Gasteiger partial charge in [-0.3, -0.25) is 4.79 Å². The third kappa shape index (κ3) is 5.25. The van der Waals surface area contributed by atoms with Gasteiger partial charge in [0.05, 0.1) is 5.92 Å². The van der Waals surface area contributed by atoms with Crippen LogP contribution in [-0.2, 0) is 4.79 Å². The zero-order chi connectivity index (χ0) is 14.3. The van der Waals surface area contributed by atoms with E-state index in [2.05, 4.69) is 11.6 Å². The van der Waals surface area contributed by atoms with E-state index < -0.39 is 0 Å². The Bertz CT molecular complexity index is 383. The Hall–Kier alpha value is -1.00. The van der Waals surface area contributed by atoms with E-state index in [9.17, 15) is 4.79 Å². The highest BCUT2D eigenvalue weighted by Crippen LogP contribution is 2.19. The Balaban J connectivity index is 2.52. The van der Waals surface area contributed by atoms with E-state index in [0.717, 1.165) is 17.7 Å². The fourth-order valence-electron chi connectivity index (χ4n) is 1.87. The highest BCUT2D eigenvalue weighted by Gasteiger charge is 2.22.